The molecule has 40 heavy (non-hydrogen) atoms. The molecule has 0 spiro atoms. The zero-order valence-corrected chi connectivity index (χ0v) is 21.6. The summed E-state index contributed by atoms with van der Waals surface area (Å²) >= 11 is 0. The van der Waals surface area contributed by atoms with Gasteiger partial charge in [0.05, 0.1) is 11.0 Å². The molecule has 7 aromatic carbocycles. The third kappa shape index (κ3) is 3.05. The van der Waals surface area contributed by atoms with Gasteiger partial charge in [-0.3, -0.25) is 0 Å². The van der Waals surface area contributed by atoms with E-state index >= 15 is 0 Å². The van der Waals surface area contributed by atoms with Crippen LogP contribution in [-0.4, -0.2) is 4.57 Å². The van der Waals surface area contributed by atoms with Gasteiger partial charge >= 0.3 is 0 Å². The Bertz CT molecular complexity index is 2290. The van der Waals surface area contributed by atoms with Gasteiger partial charge in [-0.05, 0) is 81.4 Å². The lowest BCUT2D eigenvalue weighted by Gasteiger charge is -2.22. The van der Waals surface area contributed by atoms with Gasteiger partial charge in [-0.2, -0.15) is 0 Å². The Morgan fingerprint density at radius 2 is 1.12 bits per heavy atom. The molecule has 0 saturated carbocycles. The lowest BCUT2D eigenvalue weighted by atomic mass is 9.92. The van der Waals surface area contributed by atoms with Gasteiger partial charge in [0.25, 0.3) is 0 Å². The molecule has 2 heteroatoms. The second-order valence-electron chi connectivity index (χ2n) is 10.6. The standard InChI is InChI=1S/C38H23NO/c1-2-12-29(13-3-1)39-34-23-28(16-18-30(34)32-20-25-8-4-5-9-26(25)22-35(32)39)27-17-19-36-33(21-27)31-14-6-10-24-11-7-15-37(40-36)38(24)31/h1-23H. The second kappa shape index (κ2) is 8.08. The van der Waals surface area contributed by atoms with Crippen LogP contribution >= 0.6 is 0 Å². The topological polar surface area (TPSA) is 14.2 Å². The Hall–Kier alpha value is -5.34. The van der Waals surface area contributed by atoms with Crippen molar-refractivity contribution in [1.29, 1.82) is 0 Å². The SMILES string of the molecule is c1ccc(-n2c3cc(-c4ccc5c(c4)-c4cccc6cccc(c46)O5)ccc3c3cc4ccccc4cc32)cc1. The highest BCUT2D eigenvalue weighted by molar-refractivity contribution is 6.14. The van der Waals surface area contributed by atoms with Gasteiger partial charge in [0.1, 0.15) is 11.5 Å². The van der Waals surface area contributed by atoms with Crippen molar-refractivity contribution in [3.8, 4) is 39.4 Å². The largest absolute Gasteiger partial charge is 0.456 e. The Morgan fingerprint density at radius 1 is 0.425 bits per heavy atom. The number of para-hydroxylation sites is 1. The van der Waals surface area contributed by atoms with Gasteiger partial charge in [0, 0.05) is 27.4 Å². The summed E-state index contributed by atoms with van der Waals surface area (Å²) in [6.45, 7) is 0. The first-order valence-corrected chi connectivity index (χ1v) is 13.7. The van der Waals surface area contributed by atoms with E-state index in [-0.39, 0.29) is 0 Å². The van der Waals surface area contributed by atoms with Crippen LogP contribution in [0.3, 0.4) is 0 Å². The molecular formula is C38H23NO. The summed E-state index contributed by atoms with van der Waals surface area (Å²) in [5.41, 5.74) is 8.31. The van der Waals surface area contributed by atoms with Crippen LogP contribution in [0.15, 0.2) is 140 Å². The number of hydrogen-bond donors (Lipinski definition) is 0. The van der Waals surface area contributed by atoms with E-state index in [1.165, 1.54) is 60.0 Å². The van der Waals surface area contributed by atoms with E-state index in [4.69, 9.17) is 4.74 Å². The summed E-state index contributed by atoms with van der Waals surface area (Å²) in [5.74, 6) is 1.83. The number of hydrogen-bond acceptors (Lipinski definition) is 1. The maximum Gasteiger partial charge on any atom is 0.135 e. The average molecular weight is 510 g/mol. The van der Waals surface area contributed by atoms with Crippen molar-refractivity contribution in [3.05, 3.63) is 140 Å². The van der Waals surface area contributed by atoms with Crippen molar-refractivity contribution in [2.24, 2.45) is 0 Å². The van der Waals surface area contributed by atoms with Crippen LogP contribution < -0.4 is 4.74 Å². The molecule has 2 nitrogen and oxygen atoms in total. The first-order chi connectivity index (χ1) is 19.8. The van der Waals surface area contributed by atoms with E-state index in [0.717, 1.165) is 22.7 Å². The van der Waals surface area contributed by atoms with Gasteiger partial charge in [-0.25, -0.2) is 0 Å². The smallest absolute Gasteiger partial charge is 0.135 e. The third-order valence-corrected chi connectivity index (χ3v) is 8.34. The molecule has 0 aliphatic carbocycles. The molecule has 1 aliphatic rings. The molecule has 2 heterocycles. The maximum atomic E-state index is 6.36. The van der Waals surface area contributed by atoms with Crippen LogP contribution in [0.1, 0.15) is 0 Å². The molecule has 0 N–H and O–H groups in total. The van der Waals surface area contributed by atoms with Crippen molar-refractivity contribution < 1.29 is 4.74 Å². The van der Waals surface area contributed by atoms with Crippen LogP contribution in [-0.2, 0) is 0 Å². The third-order valence-electron chi connectivity index (χ3n) is 8.34. The van der Waals surface area contributed by atoms with Crippen molar-refractivity contribution in [2.45, 2.75) is 0 Å². The molecule has 186 valence electrons. The van der Waals surface area contributed by atoms with Gasteiger partial charge in [0.15, 0.2) is 0 Å². The molecule has 8 aromatic rings. The Balaban J connectivity index is 1.30. The fourth-order valence-corrected chi connectivity index (χ4v) is 6.48. The summed E-state index contributed by atoms with van der Waals surface area (Å²) in [5, 5.41) is 7.42. The molecule has 0 bridgehead atoms. The highest BCUT2D eigenvalue weighted by atomic mass is 16.5. The Kier molecular flexibility index (Phi) is 4.36. The number of ether oxygens (including phenoxy) is 1. The Labute approximate surface area is 231 Å². The lowest BCUT2D eigenvalue weighted by Crippen LogP contribution is -1.97. The first-order valence-electron chi connectivity index (χ1n) is 13.7. The van der Waals surface area contributed by atoms with E-state index in [1.54, 1.807) is 0 Å². The maximum absolute atomic E-state index is 6.36. The average Bonchev–Trinajstić information content (AvgIpc) is 3.33. The molecule has 1 aliphatic heterocycles. The predicted octanol–water partition coefficient (Wildman–Crippen LogP) is 10.5. The minimum absolute atomic E-state index is 0.904. The van der Waals surface area contributed by atoms with Crippen molar-refractivity contribution >= 4 is 43.4 Å². The quantitative estimate of drug-likeness (QED) is 0.226. The minimum Gasteiger partial charge on any atom is -0.456 e. The number of nitrogens with zero attached hydrogens (tertiary/aromatic N) is 1. The molecule has 0 fully saturated rings. The summed E-state index contributed by atoms with van der Waals surface area (Å²) in [6.07, 6.45) is 0. The van der Waals surface area contributed by atoms with Crippen LogP contribution in [0.5, 0.6) is 11.5 Å². The number of fused-ring (bicyclic) bond motifs is 6. The van der Waals surface area contributed by atoms with Crippen molar-refractivity contribution in [2.75, 3.05) is 0 Å². The van der Waals surface area contributed by atoms with Gasteiger partial charge in [0.2, 0.25) is 0 Å². The monoisotopic (exact) mass is 509 g/mol. The molecule has 0 amide bonds. The summed E-state index contributed by atoms with van der Waals surface area (Å²) in [7, 11) is 0. The molecule has 1 aromatic heterocycles. The van der Waals surface area contributed by atoms with E-state index in [2.05, 4.69) is 144 Å². The molecule has 0 radical (unpaired) electrons. The van der Waals surface area contributed by atoms with Crippen molar-refractivity contribution in [3.63, 3.8) is 0 Å². The van der Waals surface area contributed by atoms with E-state index in [9.17, 15) is 0 Å². The molecule has 0 atom stereocenters. The minimum atomic E-state index is 0.904. The fourth-order valence-electron chi connectivity index (χ4n) is 6.48. The molecule has 0 unspecified atom stereocenters. The molecule has 0 saturated heterocycles. The van der Waals surface area contributed by atoms with Gasteiger partial charge in [-0.1, -0.05) is 91.0 Å². The molecule has 9 rings (SSSR count). The predicted molar refractivity (Wildman–Crippen MR) is 167 cm³/mol. The Morgan fingerprint density at radius 3 is 2.00 bits per heavy atom. The highest BCUT2D eigenvalue weighted by Crippen LogP contribution is 2.47. The van der Waals surface area contributed by atoms with E-state index in [0.29, 0.717) is 0 Å². The van der Waals surface area contributed by atoms with Gasteiger partial charge < -0.3 is 9.30 Å². The van der Waals surface area contributed by atoms with Gasteiger partial charge in [-0.15, -0.1) is 0 Å². The highest BCUT2D eigenvalue weighted by Gasteiger charge is 2.21. The van der Waals surface area contributed by atoms with E-state index < -0.39 is 0 Å². The van der Waals surface area contributed by atoms with E-state index in [1.807, 2.05) is 0 Å². The van der Waals surface area contributed by atoms with Crippen LogP contribution in [0, 0.1) is 0 Å². The second-order valence-corrected chi connectivity index (χ2v) is 10.6. The van der Waals surface area contributed by atoms with Crippen LogP contribution in [0.25, 0.3) is 71.3 Å². The van der Waals surface area contributed by atoms with Crippen LogP contribution in [0.2, 0.25) is 0 Å². The summed E-state index contributed by atoms with van der Waals surface area (Å²) < 4.78 is 8.76. The fraction of sp³-hybridized carbons (Fsp3) is 0. The number of aromatic nitrogens is 1. The number of rotatable bonds is 2. The first kappa shape index (κ1) is 21.6. The lowest BCUT2D eigenvalue weighted by molar-refractivity contribution is 0.487. The van der Waals surface area contributed by atoms with Crippen molar-refractivity contribution in [1.82, 2.24) is 4.57 Å². The summed E-state index contributed by atoms with van der Waals surface area (Å²) in [6, 6.07) is 50.2. The summed E-state index contributed by atoms with van der Waals surface area (Å²) in [4.78, 5) is 0. The molecular weight excluding hydrogens is 486 g/mol. The zero-order valence-electron chi connectivity index (χ0n) is 21.6. The zero-order chi connectivity index (χ0) is 26.2. The van der Waals surface area contributed by atoms with Crippen LogP contribution in [0.4, 0.5) is 0 Å². The number of benzene rings is 7. The normalized spacial score (nSPS) is 12.2.